The highest BCUT2D eigenvalue weighted by Gasteiger charge is 2.16. The molecule has 0 spiro atoms. The molecule has 0 saturated carbocycles. The van der Waals surface area contributed by atoms with Gasteiger partial charge in [-0.2, -0.15) is 5.26 Å². The lowest BCUT2D eigenvalue weighted by Gasteiger charge is -2.26. The number of rotatable bonds is 6. The molecule has 0 fully saturated rings. The van der Waals surface area contributed by atoms with Crippen LogP contribution in [0, 0.1) is 11.3 Å². The molecule has 0 aromatic carbocycles. The summed E-state index contributed by atoms with van der Waals surface area (Å²) in [5, 5.41) is 8.49. The molecule has 1 amide bonds. The Morgan fingerprint density at radius 1 is 1.47 bits per heavy atom. The minimum absolute atomic E-state index is 0.0546. The molecule has 0 aromatic rings. The van der Waals surface area contributed by atoms with E-state index in [2.05, 4.69) is 6.07 Å². The van der Waals surface area contributed by atoms with Crippen molar-refractivity contribution in [3.05, 3.63) is 0 Å². The monoisotopic (exact) mass is 211 g/mol. The number of hydrogen-bond donors (Lipinski definition) is 1. The van der Waals surface area contributed by atoms with Crippen LogP contribution in [-0.4, -0.2) is 29.4 Å². The molecule has 2 N–H and O–H groups in total. The molecular weight excluding hydrogens is 190 g/mol. The van der Waals surface area contributed by atoms with Crippen molar-refractivity contribution in [1.29, 1.82) is 5.26 Å². The lowest BCUT2D eigenvalue weighted by molar-refractivity contribution is -0.133. The first-order valence-electron chi connectivity index (χ1n) is 5.41. The predicted octanol–water partition coefficient (Wildman–Crippen LogP) is 1.26. The van der Waals surface area contributed by atoms with Crippen molar-refractivity contribution in [1.82, 2.24) is 4.90 Å². The highest BCUT2D eigenvalue weighted by Crippen LogP contribution is 2.05. The van der Waals surface area contributed by atoms with Gasteiger partial charge in [0.15, 0.2) is 0 Å². The molecule has 0 bridgehead atoms. The van der Waals surface area contributed by atoms with Crippen molar-refractivity contribution in [2.24, 2.45) is 5.73 Å². The summed E-state index contributed by atoms with van der Waals surface area (Å²) in [6, 6.07) is 2.26. The molecule has 0 rings (SSSR count). The fourth-order valence-corrected chi connectivity index (χ4v) is 1.34. The number of nitrogens with two attached hydrogens (primary N) is 1. The normalized spacial score (nSPS) is 12.3. The first-order valence-corrected chi connectivity index (χ1v) is 5.41. The van der Waals surface area contributed by atoms with Crippen molar-refractivity contribution >= 4 is 5.91 Å². The number of hydrogen-bond acceptors (Lipinski definition) is 3. The van der Waals surface area contributed by atoms with Crippen LogP contribution in [0.1, 0.15) is 40.0 Å². The van der Waals surface area contributed by atoms with Crippen LogP contribution in [0.2, 0.25) is 0 Å². The van der Waals surface area contributed by atoms with Gasteiger partial charge in [-0.15, -0.1) is 0 Å². The average Bonchev–Trinajstić information content (AvgIpc) is 2.14. The Bertz CT molecular complexity index is 230. The van der Waals surface area contributed by atoms with Crippen LogP contribution in [0.15, 0.2) is 0 Å². The fourth-order valence-electron chi connectivity index (χ4n) is 1.34. The summed E-state index contributed by atoms with van der Waals surface area (Å²) in [6.07, 6.45) is 1.57. The van der Waals surface area contributed by atoms with E-state index in [1.165, 1.54) is 0 Å². The lowest BCUT2D eigenvalue weighted by Crippen LogP contribution is -2.38. The summed E-state index contributed by atoms with van der Waals surface area (Å²) in [5.41, 5.74) is 5.59. The fraction of sp³-hybridized carbons (Fsp3) is 0.818. The van der Waals surface area contributed by atoms with E-state index in [4.69, 9.17) is 11.0 Å². The van der Waals surface area contributed by atoms with Crippen LogP contribution < -0.4 is 5.73 Å². The van der Waals surface area contributed by atoms with Gasteiger partial charge in [0.05, 0.1) is 12.5 Å². The van der Waals surface area contributed by atoms with Crippen LogP contribution in [0.25, 0.3) is 0 Å². The van der Waals surface area contributed by atoms with Gasteiger partial charge in [0.2, 0.25) is 5.91 Å². The van der Waals surface area contributed by atoms with Crippen molar-refractivity contribution in [3.63, 3.8) is 0 Å². The Hall–Kier alpha value is -1.08. The van der Waals surface area contributed by atoms with Crippen LogP contribution >= 0.6 is 0 Å². The molecule has 4 heteroatoms. The third kappa shape index (κ3) is 6.08. The van der Waals surface area contributed by atoms with Crippen LogP contribution in [0.3, 0.4) is 0 Å². The third-order valence-corrected chi connectivity index (χ3v) is 2.22. The zero-order valence-corrected chi connectivity index (χ0v) is 9.86. The lowest BCUT2D eigenvalue weighted by atomic mass is 10.1. The number of carbonyl (C=O) groups excluding carboxylic acids is 1. The number of nitrogens with zero attached hydrogens (tertiary/aromatic N) is 2. The number of carbonyl (C=O) groups is 1. The van der Waals surface area contributed by atoms with Crippen molar-refractivity contribution in [3.8, 4) is 6.07 Å². The molecule has 86 valence electrons. The first-order chi connectivity index (χ1) is 6.99. The molecule has 0 aromatic heterocycles. The molecular formula is C11H21N3O. The smallest absolute Gasteiger partial charge is 0.222 e. The molecule has 15 heavy (non-hydrogen) atoms. The Morgan fingerprint density at radius 3 is 2.47 bits per heavy atom. The summed E-state index contributed by atoms with van der Waals surface area (Å²) < 4.78 is 0. The molecule has 4 nitrogen and oxygen atoms in total. The second-order valence-corrected chi connectivity index (χ2v) is 4.10. The molecule has 0 saturated heterocycles. The van der Waals surface area contributed by atoms with Crippen molar-refractivity contribution in [2.45, 2.75) is 52.1 Å². The maximum Gasteiger partial charge on any atom is 0.222 e. The van der Waals surface area contributed by atoms with Crippen molar-refractivity contribution in [2.75, 3.05) is 6.54 Å². The van der Waals surface area contributed by atoms with Gasteiger partial charge < -0.3 is 10.6 Å². The minimum atomic E-state index is 0.0546. The van der Waals surface area contributed by atoms with E-state index >= 15 is 0 Å². The molecule has 0 aliphatic heterocycles. The van der Waals surface area contributed by atoms with Crippen molar-refractivity contribution < 1.29 is 4.79 Å². The van der Waals surface area contributed by atoms with E-state index in [0.29, 0.717) is 25.8 Å². The van der Waals surface area contributed by atoms with Gasteiger partial charge in [-0.05, 0) is 27.2 Å². The maximum atomic E-state index is 11.8. The summed E-state index contributed by atoms with van der Waals surface area (Å²) in [6.45, 7) is 6.33. The van der Waals surface area contributed by atoms with Gasteiger partial charge in [0.1, 0.15) is 0 Å². The summed E-state index contributed by atoms with van der Waals surface area (Å²) in [7, 11) is 0. The van der Waals surface area contributed by atoms with E-state index in [0.717, 1.165) is 0 Å². The van der Waals surface area contributed by atoms with Crippen LogP contribution in [0.5, 0.6) is 0 Å². The summed E-state index contributed by atoms with van der Waals surface area (Å²) in [5.74, 6) is 0.0950. The Balaban J connectivity index is 4.12. The van der Waals surface area contributed by atoms with Gasteiger partial charge in [0, 0.05) is 25.0 Å². The Kier molecular flexibility index (Phi) is 6.72. The highest BCUT2D eigenvalue weighted by molar-refractivity contribution is 5.76. The van der Waals surface area contributed by atoms with Gasteiger partial charge in [-0.3, -0.25) is 4.79 Å². The van der Waals surface area contributed by atoms with E-state index in [-0.39, 0.29) is 18.0 Å². The van der Waals surface area contributed by atoms with Gasteiger partial charge in [-0.1, -0.05) is 0 Å². The largest absolute Gasteiger partial charge is 0.339 e. The predicted molar refractivity (Wildman–Crippen MR) is 60.0 cm³/mol. The number of amides is 1. The molecule has 0 heterocycles. The quantitative estimate of drug-likeness (QED) is 0.719. The number of nitriles is 1. The van der Waals surface area contributed by atoms with Gasteiger partial charge >= 0.3 is 0 Å². The van der Waals surface area contributed by atoms with Crippen LogP contribution in [-0.2, 0) is 4.79 Å². The first kappa shape index (κ1) is 13.9. The zero-order valence-electron chi connectivity index (χ0n) is 9.86. The minimum Gasteiger partial charge on any atom is -0.339 e. The Morgan fingerprint density at radius 2 is 2.07 bits per heavy atom. The molecule has 1 unspecified atom stereocenters. The molecule has 0 radical (unpaired) electrons. The topological polar surface area (TPSA) is 70.1 Å². The third-order valence-electron chi connectivity index (χ3n) is 2.22. The van der Waals surface area contributed by atoms with Gasteiger partial charge in [-0.25, -0.2) is 0 Å². The second kappa shape index (κ2) is 7.24. The van der Waals surface area contributed by atoms with E-state index in [9.17, 15) is 4.79 Å². The molecule has 0 aliphatic rings. The standard InChI is InChI=1S/C11H21N3O/c1-9(2)14(8-4-7-12)11(15)6-5-10(3)13/h9-10H,4-6,8,13H2,1-3H3. The van der Waals surface area contributed by atoms with E-state index < -0.39 is 0 Å². The average molecular weight is 211 g/mol. The SMILES string of the molecule is CC(N)CCC(=O)N(CCC#N)C(C)C. The molecule has 0 aliphatic carbocycles. The highest BCUT2D eigenvalue weighted by atomic mass is 16.2. The second-order valence-electron chi connectivity index (χ2n) is 4.10. The zero-order chi connectivity index (χ0) is 11.8. The summed E-state index contributed by atoms with van der Waals surface area (Å²) >= 11 is 0. The van der Waals surface area contributed by atoms with E-state index in [1.54, 1.807) is 4.90 Å². The van der Waals surface area contributed by atoms with Gasteiger partial charge in [0.25, 0.3) is 0 Å². The van der Waals surface area contributed by atoms with E-state index in [1.807, 2.05) is 20.8 Å². The maximum absolute atomic E-state index is 11.8. The van der Waals surface area contributed by atoms with Crippen LogP contribution in [0.4, 0.5) is 0 Å². The summed E-state index contributed by atoms with van der Waals surface area (Å²) in [4.78, 5) is 13.5. The Labute approximate surface area is 92.0 Å². The molecule has 1 atom stereocenters.